The molecule has 3 aliphatic rings. The summed E-state index contributed by atoms with van der Waals surface area (Å²) in [4.78, 5) is 34.5. The summed E-state index contributed by atoms with van der Waals surface area (Å²) in [6, 6.07) is 3.30. The zero-order chi connectivity index (χ0) is 19.1. The van der Waals surface area contributed by atoms with Crippen LogP contribution in [0.25, 0.3) is 0 Å². The Morgan fingerprint density at radius 3 is 2.85 bits per heavy atom. The maximum Gasteiger partial charge on any atom is 0.290 e. The van der Waals surface area contributed by atoms with Crippen molar-refractivity contribution >= 4 is 23.3 Å². The number of likely N-dealkylation sites (N-methyl/N-ethyl adjacent to an activating group) is 1. The Bertz CT molecular complexity index is 780. The number of nitrogens with zero attached hydrogens (tertiary/aromatic N) is 3. The molecule has 0 spiro atoms. The lowest BCUT2D eigenvalue weighted by atomic mass is 9.77. The molecule has 0 bridgehead atoms. The Morgan fingerprint density at radius 1 is 1.33 bits per heavy atom. The Balaban J connectivity index is 1.73. The largest absolute Gasteiger partial charge is 0.483 e. The first-order valence-corrected chi connectivity index (χ1v) is 9.85. The number of ketones is 1. The van der Waals surface area contributed by atoms with E-state index in [1.54, 1.807) is 17.3 Å². The summed E-state index contributed by atoms with van der Waals surface area (Å²) < 4.78 is 6.11. The summed E-state index contributed by atoms with van der Waals surface area (Å²) in [6.07, 6.45) is 5.30. The van der Waals surface area contributed by atoms with E-state index < -0.39 is 6.04 Å². The highest BCUT2D eigenvalue weighted by atomic mass is 35.5. The van der Waals surface area contributed by atoms with Gasteiger partial charge >= 0.3 is 0 Å². The molecule has 27 heavy (non-hydrogen) atoms. The van der Waals surface area contributed by atoms with E-state index in [4.69, 9.17) is 16.3 Å². The topological polar surface area (TPSA) is 62.7 Å². The zero-order valence-electron chi connectivity index (χ0n) is 15.6. The van der Waals surface area contributed by atoms with Gasteiger partial charge in [0.15, 0.2) is 11.5 Å². The second kappa shape index (κ2) is 7.24. The van der Waals surface area contributed by atoms with Crippen molar-refractivity contribution in [2.75, 3.05) is 27.2 Å². The van der Waals surface area contributed by atoms with Gasteiger partial charge in [0.25, 0.3) is 5.91 Å². The number of aromatic nitrogens is 1. The van der Waals surface area contributed by atoms with Crippen molar-refractivity contribution in [1.29, 1.82) is 0 Å². The van der Waals surface area contributed by atoms with Crippen LogP contribution in [0.4, 0.5) is 0 Å². The number of Topliss-reactive ketones (excluding diaryl/α,β-unsaturated/α-hetero) is 1. The third-order valence-corrected chi connectivity index (χ3v) is 6.06. The van der Waals surface area contributed by atoms with E-state index in [0.29, 0.717) is 31.5 Å². The molecule has 1 aromatic rings. The third kappa shape index (κ3) is 3.25. The van der Waals surface area contributed by atoms with Gasteiger partial charge in [-0.15, -0.1) is 11.6 Å². The van der Waals surface area contributed by atoms with E-state index in [1.807, 2.05) is 31.1 Å². The molecule has 1 aromatic heterocycles. The van der Waals surface area contributed by atoms with Crippen LogP contribution in [0.2, 0.25) is 0 Å². The molecule has 2 aliphatic heterocycles. The number of alkyl halides is 1. The molecular formula is C20H24ClN3O3. The molecule has 0 N–H and O–H groups in total. The normalized spacial score (nSPS) is 30.4. The monoisotopic (exact) mass is 389 g/mol. The predicted octanol–water partition coefficient (Wildman–Crippen LogP) is 2.16. The second-order valence-corrected chi connectivity index (χ2v) is 8.39. The van der Waals surface area contributed by atoms with E-state index in [1.165, 1.54) is 0 Å². The molecule has 0 aromatic carbocycles. The van der Waals surface area contributed by atoms with Gasteiger partial charge < -0.3 is 14.5 Å². The minimum Gasteiger partial charge on any atom is -0.483 e. The van der Waals surface area contributed by atoms with E-state index in [-0.39, 0.29) is 34.8 Å². The van der Waals surface area contributed by atoms with Gasteiger partial charge in [0.05, 0.1) is 17.5 Å². The van der Waals surface area contributed by atoms with Gasteiger partial charge in [-0.25, -0.2) is 0 Å². The smallest absolute Gasteiger partial charge is 0.290 e. The first-order valence-electron chi connectivity index (χ1n) is 9.42. The lowest BCUT2D eigenvalue weighted by Crippen LogP contribution is -2.41. The fraction of sp³-hybridized carbons (Fsp3) is 0.550. The SMILES string of the molecule is CN(C)CCN1C(=O)C2=C(C(=O)C3CC(Cl)CCC3O2)C1c1cccnc1. The highest BCUT2D eigenvalue weighted by Gasteiger charge is 2.52. The quantitative estimate of drug-likeness (QED) is 0.738. The maximum absolute atomic E-state index is 13.4. The van der Waals surface area contributed by atoms with Crippen molar-refractivity contribution < 1.29 is 14.3 Å². The van der Waals surface area contributed by atoms with Crippen LogP contribution >= 0.6 is 11.6 Å². The van der Waals surface area contributed by atoms with Crippen molar-refractivity contribution in [3.63, 3.8) is 0 Å². The zero-order valence-corrected chi connectivity index (χ0v) is 16.4. The van der Waals surface area contributed by atoms with Crippen LogP contribution in [-0.4, -0.2) is 65.1 Å². The molecule has 1 saturated carbocycles. The van der Waals surface area contributed by atoms with Crippen LogP contribution in [0, 0.1) is 5.92 Å². The number of hydrogen-bond acceptors (Lipinski definition) is 5. The molecule has 0 radical (unpaired) electrons. The molecule has 6 nitrogen and oxygen atoms in total. The van der Waals surface area contributed by atoms with Crippen LogP contribution < -0.4 is 0 Å². The number of amides is 1. The number of carbonyl (C=O) groups excluding carboxylic acids is 2. The number of carbonyl (C=O) groups is 2. The molecule has 1 fully saturated rings. The molecular weight excluding hydrogens is 366 g/mol. The van der Waals surface area contributed by atoms with E-state index in [9.17, 15) is 9.59 Å². The molecule has 4 rings (SSSR count). The summed E-state index contributed by atoms with van der Waals surface area (Å²) in [7, 11) is 3.92. The van der Waals surface area contributed by atoms with Crippen LogP contribution in [-0.2, 0) is 14.3 Å². The first-order chi connectivity index (χ1) is 13.0. The van der Waals surface area contributed by atoms with Gasteiger partial charge in [-0.05, 0) is 45.0 Å². The molecule has 7 heteroatoms. The molecule has 4 atom stereocenters. The number of fused-ring (bicyclic) bond motifs is 1. The Labute approximate surface area is 164 Å². The fourth-order valence-electron chi connectivity index (χ4n) is 4.29. The van der Waals surface area contributed by atoms with Gasteiger partial charge in [-0.3, -0.25) is 14.6 Å². The first kappa shape index (κ1) is 18.4. The second-order valence-electron chi connectivity index (χ2n) is 7.77. The minimum absolute atomic E-state index is 0.0141. The summed E-state index contributed by atoms with van der Waals surface area (Å²) in [5.74, 6) is -0.204. The van der Waals surface area contributed by atoms with Gasteiger partial charge in [0.2, 0.25) is 0 Å². The predicted molar refractivity (Wildman–Crippen MR) is 101 cm³/mol. The van der Waals surface area contributed by atoms with Crippen molar-refractivity contribution in [3.8, 4) is 0 Å². The van der Waals surface area contributed by atoms with E-state index >= 15 is 0 Å². The summed E-state index contributed by atoms with van der Waals surface area (Å²) in [5.41, 5.74) is 1.32. The van der Waals surface area contributed by atoms with Crippen molar-refractivity contribution in [1.82, 2.24) is 14.8 Å². The number of pyridine rings is 1. The minimum atomic E-state index is -0.440. The fourth-order valence-corrected chi connectivity index (χ4v) is 4.60. The van der Waals surface area contributed by atoms with E-state index in [0.717, 1.165) is 12.0 Å². The number of rotatable bonds is 4. The molecule has 4 unspecified atom stereocenters. The summed E-state index contributed by atoms with van der Waals surface area (Å²) in [5, 5.41) is -0.0141. The Kier molecular flexibility index (Phi) is 4.95. The Hall–Kier alpha value is -1.92. The maximum atomic E-state index is 13.4. The average molecular weight is 390 g/mol. The standard InChI is InChI=1S/C20H24ClN3O3/c1-23(2)8-9-24-17(12-4-3-7-22-11-12)16-18(25)14-10-13(21)5-6-15(14)27-19(16)20(24)26/h3-4,7,11,13-15,17H,5-6,8-10H2,1-2H3. The van der Waals surface area contributed by atoms with E-state index in [2.05, 4.69) is 4.98 Å². The molecule has 1 amide bonds. The van der Waals surface area contributed by atoms with Crippen LogP contribution in [0.15, 0.2) is 35.9 Å². The molecule has 144 valence electrons. The average Bonchev–Trinajstić information content (AvgIpc) is 2.94. The molecule has 0 saturated heterocycles. The number of halogens is 1. The van der Waals surface area contributed by atoms with Crippen molar-refractivity contribution in [2.24, 2.45) is 5.92 Å². The number of ether oxygens (including phenoxy) is 1. The van der Waals surface area contributed by atoms with Crippen LogP contribution in [0.3, 0.4) is 0 Å². The highest BCUT2D eigenvalue weighted by Crippen LogP contribution is 2.47. The molecule has 1 aliphatic carbocycles. The van der Waals surface area contributed by atoms with Crippen LogP contribution in [0.1, 0.15) is 30.9 Å². The van der Waals surface area contributed by atoms with Crippen molar-refractivity contribution in [3.05, 3.63) is 41.4 Å². The summed E-state index contributed by atoms with van der Waals surface area (Å²) in [6.45, 7) is 1.22. The van der Waals surface area contributed by atoms with Gasteiger partial charge in [-0.1, -0.05) is 6.07 Å². The molecule has 3 heterocycles. The summed E-state index contributed by atoms with van der Waals surface area (Å²) >= 11 is 6.32. The lowest BCUT2D eigenvalue weighted by Gasteiger charge is -2.37. The van der Waals surface area contributed by atoms with Gasteiger partial charge in [-0.2, -0.15) is 0 Å². The van der Waals surface area contributed by atoms with Crippen molar-refractivity contribution in [2.45, 2.75) is 36.8 Å². The lowest BCUT2D eigenvalue weighted by molar-refractivity contribution is -0.135. The third-order valence-electron chi connectivity index (χ3n) is 5.67. The number of hydrogen-bond donors (Lipinski definition) is 0. The highest BCUT2D eigenvalue weighted by molar-refractivity contribution is 6.21. The van der Waals surface area contributed by atoms with Gasteiger partial charge in [0.1, 0.15) is 6.10 Å². The van der Waals surface area contributed by atoms with Gasteiger partial charge in [0, 0.05) is 30.9 Å². The van der Waals surface area contributed by atoms with Crippen LogP contribution in [0.5, 0.6) is 0 Å². The Morgan fingerprint density at radius 2 is 2.15 bits per heavy atom.